The molecule has 138 valence electrons. The van der Waals surface area contributed by atoms with Crippen LogP contribution in [0, 0.1) is 0 Å². The molecule has 27 heavy (non-hydrogen) atoms. The minimum atomic E-state index is -0.424. The number of nitrogens with one attached hydrogen (secondary N) is 1. The summed E-state index contributed by atoms with van der Waals surface area (Å²) < 4.78 is 0. The van der Waals surface area contributed by atoms with Crippen molar-refractivity contribution in [2.45, 2.75) is 0 Å². The quantitative estimate of drug-likeness (QED) is 0.741. The van der Waals surface area contributed by atoms with Gasteiger partial charge >= 0.3 is 0 Å². The van der Waals surface area contributed by atoms with Gasteiger partial charge in [-0.15, -0.1) is 0 Å². The number of amides is 3. The third-order valence-corrected chi connectivity index (χ3v) is 5.14. The molecule has 0 saturated carbocycles. The molecule has 0 spiro atoms. The van der Waals surface area contributed by atoms with E-state index in [1.54, 1.807) is 42.6 Å². The number of hydrogen-bond donors (Lipinski definition) is 1. The number of nitrogens with zero attached hydrogens (tertiary/aromatic N) is 2. The largest absolute Gasteiger partial charge is 0.350 e. The van der Waals surface area contributed by atoms with Gasteiger partial charge in [0.15, 0.2) is 0 Å². The molecule has 0 bridgehead atoms. The van der Waals surface area contributed by atoms with E-state index in [9.17, 15) is 14.4 Å². The summed E-state index contributed by atoms with van der Waals surface area (Å²) in [5.41, 5.74) is 1.00. The van der Waals surface area contributed by atoms with E-state index in [1.165, 1.54) is 6.20 Å². The monoisotopic (exact) mass is 421 g/mol. The molecule has 0 atom stereocenters. The van der Waals surface area contributed by atoms with Gasteiger partial charge in [0.2, 0.25) is 0 Å². The Morgan fingerprint density at radius 3 is 2.78 bits per heavy atom. The first kappa shape index (κ1) is 19.4. The standard InChI is InChI=1S/C18H13Cl2N3O3S/c19-13-4-3-11(14(20)9-13)8-15-17(25)23(18(26)27-15)7-6-22-16(24)12-2-1-5-21-10-12/h1-5,8-10H,6-7H2,(H,22,24)/b15-8-. The zero-order valence-electron chi connectivity index (χ0n) is 13.8. The lowest BCUT2D eigenvalue weighted by atomic mass is 10.2. The summed E-state index contributed by atoms with van der Waals surface area (Å²) in [4.78, 5) is 41.8. The van der Waals surface area contributed by atoms with E-state index in [-0.39, 0.29) is 23.9 Å². The summed E-state index contributed by atoms with van der Waals surface area (Å²) in [7, 11) is 0. The Morgan fingerprint density at radius 1 is 1.26 bits per heavy atom. The van der Waals surface area contributed by atoms with Crippen LogP contribution in [0.5, 0.6) is 0 Å². The highest BCUT2D eigenvalue weighted by molar-refractivity contribution is 8.18. The normalized spacial score (nSPS) is 15.5. The fraction of sp³-hybridized carbons (Fsp3) is 0.111. The number of halogens is 2. The highest BCUT2D eigenvalue weighted by Crippen LogP contribution is 2.33. The molecule has 2 aromatic rings. The number of hydrogen-bond acceptors (Lipinski definition) is 5. The SMILES string of the molecule is O=C(NCCN1C(=O)S/C(=C\c2ccc(Cl)cc2Cl)C1=O)c1cccnc1. The zero-order chi connectivity index (χ0) is 19.4. The van der Waals surface area contributed by atoms with Crippen molar-refractivity contribution in [3.8, 4) is 0 Å². The van der Waals surface area contributed by atoms with Gasteiger partial charge in [0.05, 0.1) is 10.5 Å². The van der Waals surface area contributed by atoms with Gasteiger partial charge in [0.25, 0.3) is 17.1 Å². The molecule has 0 aliphatic carbocycles. The molecule has 3 amide bonds. The zero-order valence-corrected chi connectivity index (χ0v) is 16.1. The van der Waals surface area contributed by atoms with Crippen LogP contribution in [0.3, 0.4) is 0 Å². The maximum absolute atomic E-state index is 12.5. The maximum Gasteiger partial charge on any atom is 0.293 e. The number of carbonyl (C=O) groups excluding carboxylic acids is 3. The van der Waals surface area contributed by atoms with Gasteiger partial charge in [0.1, 0.15) is 0 Å². The van der Waals surface area contributed by atoms with Gasteiger partial charge in [-0.05, 0) is 47.7 Å². The molecular weight excluding hydrogens is 409 g/mol. The molecule has 0 unspecified atom stereocenters. The molecule has 3 rings (SSSR count). The Morgan fingerprint density at radius 2 is 2.07 bits per heavy atom. The number of benzene rings is 1. The maximum atomic E-state index is 12.5. The van der Waals surface area contributed by atoms with Gasteiger partial charge in [0, 0.05) is 35.5 Å². The first-order valence-corrected chi connectivity index (χ1v) is 9.41. The fourth-order valence-electron chi connectivity index (χ4n) is 2.33. The minimum Gasteiger partial charge on any atom is -0.350 e. The van der Waals surface area contributed by atoms with E-state index >= 15 is 0 Å². The number of pyridine rings is 1. The Labute approximate surface area is 169 Å². The number of rotatable bonds is 5. The van der Waals surface area contributed by atoms with Crippen molar-refractivity contribution < 1.29 is 14.4 Å². The predicted octanol–water partition coefficient (Wildman–Crippen LogP) is 3.85. The Hall–Kier alpha value is -2.35. The molecule has 1 fully saturated rings. The highest BCUT2D eigenvalue weighted by atomic mass is 35.5. The Balaban J connectivity index is 1.62. The molecule has 1 aromatic carbocycles. The molecule has 1 aliphatic heterocycles. The van der Waals surface area contributed by atoms with Crippen molar-refractivity contribution in [3.05, 3.63) is 68.8 Å². The van der Waals surface area contributed by atoms with E-state index in [4.69, 9.17) is 23.2 Å². The van der Waals surface area contributed by atoms with Gasteiger partial charge < -0.3 is 5.32 Å². The topological polar surface area (TPSA) is 79.4 Å². The summed E-state index contributed by atoms with van der Waals surface area (Å²) in [5, 5.41) is 3.13. The third kappa shape index (κ3) is 4.68. The minimum absolute atomic E-state index is 0.0718. The average Bonchev–Trinajstić information content (AvgIpc) is 2.92. The third-order valence-electron chi connectivity index (χ3n) is 3.67. The van der Waals surface area contributed by atoms with Crippen LogP contribution in [0.25, 0.3) is 6.08 Å². The van der Waals surface area contributed by atoms with Crippen LogP contribution in [0.4, 0.5) is 4.79 Å². The molecule has 1 aromatic heterocycles. The number of thioether (sulfide) groups is 1. The molecule has 2 heterocycles. The number of imide groups is 1. The van der Waals surface area contributed by atoms with Crippen molar-refractivity contribution in [2.75, 3.05) is 13.1 Å². The molecule has 9 heteroatoms. The van der Waals surface area contributed by atoms with Crippen LogP contribution >= 0.6 is 35.0 Å². The van der Waals surface area contributed by atoms with E-state index in [2.05, 4.69) is 10.3 Å². The van der Waals surface area contributed by atoms with Gasteiger partial charge in [-0.2, -0.15) is 0 Å². The second-order valence-corrected chi connectivity index (χ2v) is 7.33. The lowest BCUT2D eigenvalue weighted by Gasteiger charge is -2.12. The van der Waals surface area contributed by atoms with Crippen molar-refractivity contribution in [1.82, 2.24) is 15.2 Å². The Bertz CT molecular complexity index is 935. The molecule has 1 saturated heterocycles. The fourth-order valence-corrected chi connectivity index (χ4v) is 3.65. The van der Waals surface area contributed by atoms with Crippen molar-refractivity contribution in [3.63, 3.8) is 0 Å². The summed E-state index contributed by atoms with van der Waals surface area (Å²) in [5.74, 6) is -0.745. The van der Waals surface area contributed by atoms with E-state index < -0.39 is 11.1 Å². The van der Waals surface area contributed by atoms with Crippen LogP contribution in [-0.2, 0) is 4.79 Å². The van der Waals surface area contributed by atoms with E-state index in [1.807, 2.05) is 0 Å². The second kappa shape index (κ2) is 8.56. The highest BCUT2D eigenvalue weighted by Gasteiger charge is 2.34. The summed E-state index contributed by atoms with van der Waals surface area (Å²) >= 11 is 12.8. The predicted molar refractivity (Wildman–Crippen MR) is 106 cm³/mol. The second-order valence-electron chi connectivity index (χ2n) is 5.50. The van der Waals surface area contributed by atoms with E-state index in [0.717, 1.165) is 16.7 Å². The van der Waals surface area contributed by atoms with Crippen LogP contribution in [0.15, 0.2) is 47.6 Å². The van der Waals surface area contributed by atoms with Crippen LogP contribution in [0.2, 0.25) is 10.0 Å². The van der Waals surface area contributed by atoms with Gasteiger partial charge in [-0.25, -0.2) is 0 Å². The van der Waals surface area contributed by atoms with E-state index in [0.29, 0.717) is 21.2 Å². The molecule has 6 nitrogen and oxygen atoms in total. The molecule has 1 N–H and O–H groups in total. The van der Waals surface area contributed by atoms with Gasteiger partial charge in [-0.1, -0.05) is 29.3 Å². The lowest BCUT2D eigenvalue weighted by molar-refractivity contribution is -0.122. The smallest absolute Gasteiger partial charge is 0.293 e. The van der Waals surface area contributed by atoms with Crippen LogP contribution < -0.4 is 5.32 Å². The molecular formula is C18H13Cl2N3O3S. The first-order valence-electron chi connectivity index (χ1n) is 7.84. The van der Waals surface area contributed by atoms with Crippen molar-refractivity contribution >= 4 is 58.1 Å². The first-order chi connectivity index (χ1) is 13.0. The van der Waals surface area contributed by atoms with Crippen LogP contribution in [0.1, 0.15) is 15.9 Å². The Kier molecular flexibility index (Phi) is 6.15. The van der Waals surface area contributed by atoms with Crippen LogP contribution in [-0.4, -0.2) is 40.0 Å². The average molecular weight is 422 g/mol. The molecule has 0 radical (unpaired) electrons. The summed E-state index contributed by atoms with van der Waals surface area (Å²) in [6.07, 6.45) is 4.56. The van der Waals surface area contributed by atoms with Crippen molar-refractivity contribution in [1.29, 1.82) is 0 Å². The summed E-state index contributed by atoms with van der Waals surface area (Å²) in [6, 6.07) is 8.16. The van der Waals surface area contributed by atoms with Crippen molar-refractivity contribution in [2.24, 2.45) is 0 Å². The number of carbonyl (C=O) groups is 3. The lowest BCUT2D eigenvalue weighted by Crippen LogP contribution is -2.37. The molecule has 1 aliphatic rings. The number of aromatic nitrogens is 1. The van der Waals surface area contributed by atoms with Gasteiger partial charge in [-0.3, -0.25) is 24.3 Å². The summed E-state index contributed by atoms with van der Waals surface area (Å²) in [6.45, 7) is 0.211.